The average Bonchev–Trinajstić information content (AvgIpc) is 2.84. The van der Waals surface area contributed by atoms with Gasteiger partial charge in [0.15, 0.2) is 0 Å². The fraction of sp³-hybridized carbons (Fsp3) is 0.667. The summed E-state index contributed by atoms with van der Waals surface area (Å²) in [5.41, 5.74) is 1.07. The molecule has 118 valence electrons. The molecule has 0 amide bonds. The number of halogens is 1. The molecule has 2 nitrogen and oxygen atoms in total. The molecular weight excluding hydrogens is 263 g/mol. The van der Waals surface area contributed by atoms with E-state index >= 15 is 0 Å². The average molecular weight is 292 g/mol. The van der Waals surface area contributed by atoms with Gasteiger partial charge in [-0.1, -0.05) is 26.0 Å². The van der Waals surface area contributed by atoms with Crippen LogP contribution in [0.4, 0.5) is 4.39 Å². The monoisotopic (exact) mass is 292 g/mol. The highest BCUT2D eigenvalue weighted by Gasteiger charge is 2.29. The summed E-state index contributed by atoms with van der Waals surface area (Å²) in [7, 11) is 0. The Balaban J connectivity index is 2.00. The first-order chi connectivity index (χ1) is 10.2. The van der Waals surface area contributed by atoms with Crippen LogP contribution in [0, 0.1) is 5.82 Å². The molecule has 3 heteroatoms. The van der Waals surface area contributed by atoms with Gasteiger partial charge in [-0.2, -0.15) is 0 Å². The number of benzene rings is 1. The highest BCUT2D eigenvalue weighted by Crippen LogP contribution is 2.28. The van der Waals surface area contributed by atoms with Crippen LogP contribution in [-0.4, -0.2) is 30.1 Å². The van der Waals surface area contributed by atoms with Crippen molar-refractivity contribution in [3.8, 4) is 0 Å². The zero-order valence-corrected chi connectivity index (χ0v) is 13.6. The molecule has 1 saturated heterocycles. The van der Waals surface area contributed by atoms with Gasteiger partial charge < -0.3 is 5.32 Å². The molecule has 3 atom stereocenters. The minimum absolute atomic E-state index is 0.142. The normalized spacial score (nSPS) is 24.4. The van der Waals surface area contributed by atoms with Gasteiger partial charge in [-0.05, 0) is 56.8 Å². The number of hydrogen-bond acceptors (Lipinski definition) is 2. The van der Waals surface area contributed by atoms with Gasteiger partial charge in [-0.3, -0.25) is 4.90 Å². The van der Waals surface area contributed by atoms with Gasteiger partial charge in [0.1, 0.15) is 5.82 Å². The third kappa shape index (κ3) is 4.27. The standard InChI is InChI=1S/C18H29FN2/c1-4-17-10-9-14(3)21(17)12-11-18(20-5-2)15-7-6-8-16(19)13-15/h6-8,13-14,17-18,20H,4-5,9-12H2,1-3H3. The van der Waals surface area contributed by atoms with E-state index in [0.29, 0.717) is 6.04 Å². The molecule has 0 spiro atoms. The van der Waals surface area contributed by atoms with Crippen molar-refractivity contribution in [2.24, 2.45) is 0 Å². The second-order valence-electron chi connectivity index (χ2n) is 6.18. The highest BCUT2D eigenvalue weighted by molar-refractivity contribution is 5.20. The zero-order valence-electron chi connectivity index (χ0n) is 13.6. The molecule has 1 fully saturated rings. The topological polar surface area (TPSA) is 15.3 Å². The zero-order chi connectivity index (χ0) is 15.2. The van der Waals surface area contributed by atoms with Crippen molar-refractivity contribution >= 4 is 0 Å². The number of likely N-dealkylation sites (tertiary alicyclic amines) is 1. The van der Waals surface area contributed by atoms with Crippen LogP contribution in [0.5, 0.6) is 0 Å². The smallest absolute Gasteiger partial charge is 0.123 e. The Kier molecular flexibility index (Phi) is 6.19. The lowest BCUT2D eigenvalue weighted by molar-refractivity contribution is 0.188. The first-order valence-corrected chi connectivity index (χ1v) is 8.40. The van der Waals surface area contributed by atoms with Gasteiger partial charge in [0.2, 0.25) is 0 Å². The summed E-state index contributed by atoms with van der Waals surface area (Å²) in [6.07, 6.45) is 4.90. The molecular formula is C18H29FN2. The molecule has 0 aromatic heterocycles. The van der Waals surface area contributed by atoms with Crippen LogP contribution in [0.1, 0.15) is 58.1 Å². The quantitative estimate of drug-likeness (QED) is 0.813. The summed E-state index contributed by atoms with van der Waals surface area (Å²) < 4.78 is 13.4. The lowest BCUT2D eigenvalue weighted by atomic mass is 10.0. The van der Waals surface area contributed by atoms with Crippen LogP contribution in [0.2, 0.25) is 0 Å². The van der Waals surface area contributed by atoms with Crippen molar-refractivity contribution < 1.29 is 4.39 Å². The molecule has 1 aliphatic rings. The minimum atomic E-state index is -0.142. The second-order valence-corrected chi connectivity index (χ2v) is 6.18. The summed E-state index contributed by atoms with van der Waals surface area (Å²) in [6.45, 7) is 8.73. The second kappa shape index (κ2) is 7.90. The van der Waals surface area contributed by atoms with Crippen LogP contribution in [0.25, 0.3) is 0 Å². The molecule has 1 aromatic carbocycles. The molecule has 0 aliphatic carbocycles. The maximum atomic E-state index is 13.4. The third-order valence-electron chi connectivity index (χ3n) is 4.80. The molecule has 3 unspecified atom stereocenters. The summed E-state index contributed by atoms with van der Waals surface area (Å²) >= 11 is 0. The number of nitrogens with zero attached hydrogens (tertiary/aromatic N) is 1. The molecule has 0 radical (unpaired) electrons. The summed E-state index contributed by atoms with van der Waals surface area (Å²) in [4.78, 5) is 2.64. The number of nitrogens with one attached hydrogen (secondary N) is 1. The van der Waals surface area contributed by atoms with Gasteiger partial charge in [0.05, 0.1) is 0 Å². The van der Waals surface area contributed by atoms with Crippen LogP contribution in [-0.2, 0) is 0 Å². The van der Waals surface area contributed by atoms with Gasteiger partial charge in [0.25, 0.3) is 0 Å². The number of hydrogen-bond donors (Lipinski definition) is 1. The van der Waals surface area contributed by atoms with Gasteiger partial charge in [-0.25, -0.2) is 4.39 Å². The molecule has 1 aliphatic heterocycles. The summed E-state index contributed by atoms with van der Waals surface area (Å²) in [5.74, 6) is -0.142. The molecule has 0 saturated carbocycles. The van der Waals surface area contributed by atoms with Crippen LogP contribution >= 0.6 is 0 Å². The lowest BCUT2D eigenvalue weighted by Crippen LogP contribution is -2.37. The SMILES string of the molecule is CCNC(CCN1C(C)CCC1CC)c1cccc(F)c1. The van der Waals surface area contributed by atoms with Gasteiger partial charge in [-0.15, -0.1) is 0 Å². The molecule has 21 heavy (non-hydrogen) atoms. The number of rotatable bonds is 7. The fourth-order valence-corrected chi connectivity index (χ4v) is 3.60. The van der Waals surface area contributed by atoms with E-state index in [1.165, 1.54) is 25.3 Å². The van der Waals surface area contributed by atoms with E-state index in [4.69, 9.17) is 0 Å². The highest BCUT2D eigenvalue weighted by atomic mass is 19.1. The largest absolute Gasteiger partial charge is 0.310 e. The van der Waals surface area contributed by atoms with Gasteiger partial charge >= 0.3 is 0 Å². The van der Waals surface area contributed by atoms with Crippen LogP contribution in [0.3, 0.4) is 0 Å². The van der Waals surface area contributed by atoms with Crippen molar-refractivity contribution in [3.63, 3.8) is 0 Å². The Morgan fingerprint density at radius 1 is 1.33 bits per heavy atom. The molecule has 2 rings (SSSR count). The first-order valence-electron chi connectivity index (χ1n) is 8.40. The summed E-state index contributed by atoms with van der Waals surface area (Å²) in [6, 6.07) is 8.68. The summed E-state index contributed by atoms with van der Waals surface area (Å²) in [5, 5.41) is 3.50. The van der Waals surface area contributed by atoms with Crippen LogP contribution < -0.4 is 5.32 Å². The minimum Gasteiger partial charge on any atom is -0.310 e. The maximum Gasteiger partial charge on any atom is 0.123 e. The van der Waals surface area contributed by atoms with E-state index in [1.54, 1.807) is 6.07 Å². The predicted molar refractivity (Wildman–Crippen MR) is 86.9 cm³/mol. The first kappa shape index (κ1) is 16.4. The van der Waals surface area contributed by atoms with E-state index in [0.717, 1.165) is 31.1 Å². The molecule has 1 aromatic rings. The van der Waals surface area contributed by atoms with Crippen molar-refractivity contribution in [2.75, 3.05) is 13.1 Å². The van der Waals surface area contributed by atoms with E-state index < -0.39 is 0 Å². The molecule has 0 bridgehead atoms. The predicted octanol–water partition coefficient (Wildman–Crippen LogP) is 4.13. The molecule has 1 heterocycles. The van der Waals surface area contributed by atoms with E-state index in [9.17, 15) is 4.39 Å². The lowest BCUT2D eigenvalue weighted by Gasteiger charge is -2.30. The maximum absolute atomic E-state index is 13.4. The third-order valence-corrected chi connectivity index (χ3v) is 4.80. The van der Waals surface area contributed by atoms with E-state index in [2.05, 4.69) is 31.0 Å². The Morgan fingerprint density at radius 3 is 2.81 bits per heavy atom. The van der Waals surface area contributed by atoms with E-state index in [-0.39, 0.29) is 11.9 Å². The molecule has 1 N–H and O–H groups in total. The van der Waals surface area contributed by atoms with Crippen molar-refractivity contribution in [1.29, 1.82) is 0 Å². The Hall–Kier alpha value is -0.930. The van der Waals surface area contributed by atoms with Crippen molar-refractivity contribution in [2.45, 2.75) is 64.6 Å². The Labute approximate surface area is 128 Å². The Morgan fingerprint density at radius 2 is 2.14 bits per heavy atom. The van der Waals surface area contributed by atoms with E-state index in [1.807, 2.05) is 12.1 Å². The van der Waals surface area contributed by atoms with Crippen molar-refractivity contribution in [3.05, 3.63) is 35.6 Å². The van der Waals surface area contributed by atoms with Crippen LogP contribution in [0.15, 0.2) is 24.3 Å². The Bertz CT molecular complexity index is 435. The fourth-order valence-electron chi connectivity index (χ4n) is 3.60. The van der Waals surface area contributed by atoms with Gasteiger partial charge in [0, 0.05) is 24.7 Å². The van der Waals surface area contributed by atoms with Crippen molar-refractivity contribution in [1.82, 2.24) is 10.2 Å².